The van der Waals surface area contributed by atoms with Crippen LogP contribution in [0.5, 0.6) is 0 Å². The molecular formula is C16H15ClN4. The lowest BCUT2D eigenvalue weighted by Gasteiger charge is -2.08. The summed E-state index contributed by atoms with van der Waals surface area (Å²) in [5.41, 5.74) is 11.6. The molecular weight excluding hydrogens is 284 g/mol. The smallest absolute Gasteiger partial charge is 0.100 e. The van der Waals surface area contributed by atoms with Crippen LogP contribution in [0.3, 0.4) is 0 Å². The maximum atomic E-state index is 5.95. The van der Waals surface area contributed by atoms with Crippen molar-refractivity contribution in [2.24, 2.45) is 5.73 Å². The van der Waals surface area contributed by atoms with Crippen molar-refractivity contribution in [3.63, 3.8) is 0 Å². The SMILES string of the molecule is Cc1[nH]nc(-c2ccc(Cl)cc2)c1-c1cccnc1CN. The lowest BCUT2D eigenvalue weighted by atomic mass is 9.98. The number of pyridine rings is 1. The maximum Gasteiger partial charge on any atom is 0.100 e. The third-order valence-electron chi connectivity index (χ3n) is 3.42. The van der Waals surface area contributed by atoms with Crippen molar-refractivity contribution in [1.82, 2.24) is 15.2 Å². The molecule has 0 unspecified atom stereocenters. The van der Waals surface area contributed by atoms with Crippen LogP contribution in [0.25, 0.3) is 22.4 Å². The second-order valence-electron chi connectivity index (χ2n) is 4.78. The summed E-state index contributed by atoms with van der Waals surface area (Å²) in [7, 11) is 0. The fourth-order valence-corrected chi connectivity index (χ4v) is 2.53. The minimum Gasteiger partial charge on any atom is -0.325 e. The van der Waals surface area contributed by atoms with Crippen molar-refractivity contribution in [2.45, 2.75) is 13.5 Å². The molecule has 0 spiro atoms. The fraction of sp³-hybridized carbons (Fsp3) is 0.125. The van der Waals surface area contributed by atoms with E-state index in [1.165, 1.54) is 0 Å². The zero-order valence-electron chi connectivity index (χ0n) is 11.6. The molecule has 0 radical (unpaired) electrons. The predicted octanol–water partition coefficient (Wildman–Crippen LogP) is 3.56. The summed E-state index contributed by atoms with van der Waals surface area (Å²) in [6, 6.07) is 11.6. The molecule has 2 heterocycles. The van der Waals surface area contributed by atoms with E-state index >= 15 is 0 Å². The first-order valence-corrected chi connectivity index (χ1v) is 7.03. The molecule has 0 saturated carbocycles. The van der Waals surface area contributed by atoms with E-state index in [0.717, 1.165) is 33.8 Å². The van der Waals surface area contributed by atoms with E-state index in [9.17, 15) is 0 Å². The van der Waals surface area contributed by atoms with Gasteiger partial charge in [0.05, 0.1) is 5.69 Å². The van der Waals surface area contributed by atoms with Gasteiger partial charge in [-0.05, 0) is 25.1 Å². The molecule has 106 valence electrons. The van der Waals surface area contributed by atoms with Gasteiger partial charge in [-0.15, -0.1) is 0 Å². The number of H-pyrrole nitrogens is 1. The van der Waals surface area contributed by atoms with Gasteiger partial charge in [-0.2, -0.15) is 5.10 Å². The van der Waals surface area contributed by atoms with E-state index in [4.69, 9.17) is 17.3 Å². The average Bonchev–Trinajstić information content (AvgIpc) is 2.89. The third-order valence-corrected chi connectivity index (χ3v) is 3.67. The van der Waals surface area contributed by atoms with Gasteiger partial charge in [0.25, 0.3) is 0 Å². The highest BCUT2D eigenvalue weighted by atomic mass is 35.5. The molecule has 1 aromatic carbocycles. The van der Waals surface area contributed by atoms with E-state index in [-0.39, 0.29) is 0 Å². The molecule has 5 heteroatoms. The van der Waals surface area contributed by atoms with Gasteiger partial charge in [-0.3, -0.25) is 10.1 Å². The Kier molecular flexibility index (Phi) is 3.73. The number of nitrogens with two attached hydrogens (primary N) is 1. The highest BCUT2D eigenvalue weighted by Gasteiger charge is 2.17. The molecule has 0 aliphatic heterocycles. The Morgan fingerprint density at radius 2 is 1.95 bits per heavy atom. The summed E-state index contributed by atoms with van der Waals surface area (Å²) in [6.07, 6.45) is 1.75. The van der Waals surface area contributed by atoms with Crippen molar-refractivity contribution in [1.29, 1.82) is 0 Å². The molecule has 0 saturated heterocycles. The number of aryl methyl sites for hydroxylation is 1. The molecule has 0 fully saturated rings. The van der Waals surface area contributed by atoms with Crippen LogP contribution in [0.15, 0.2) is 42.6 Å². The Labute approximate surface area is 128 Å². The van der Waals surface area contributed by atoms with Gasteiger partial charge >= 0.3 is 0 Å². The molecule has 3 N–H and O–H groups in total. The quantitative estimate of drug-likeness (QED) is 0.777. The van der Waals surface area contributed by atoms with Crippen molar-refractivity contribution < 1.29 is 0 Å². The third kappa shape index (κ3) is 2.55. The van der Waals surface area contributed by atoms with E-state index < -0.39 is 0 Å². The number of aromatic nitrogens is 3. The number of hydrogen-bond donors (Lipinski definition) is 2. The topological polar surface area (TPSA) is 67.6 Å². The lowest BCUT2D eigenvalue weighted by molar-refractivity contribution is 0.993. The van der Waals surface area contributed by atoms with E-state index in [1.807, 2.05) is 43.3 Å². The number of halogens is 1. The Morgan fingerprint density at radius 3 is 2.67 bits per heavy atom. The van der Waals surface area contributed by atoms with Crippen LogP contribution in [-0.2, 0) is 6.54 Å². The Morgan fingerprint density at radius 1 is 1.19 bits per heavy atom. The number of nitrogens with zero attached hydrogens (tertiary/aromatic N) is 2. The van der Waals surface area contributed by atoms with Crippen LogP contribution < -0.4 is 5.73 Å². The van der Waals surface area contributed by atoms with Crippen LogP contribution in [0.1, 0.15) is 11.4 Å². The van der Waals surface area contributed by atoms with Crippen LogP contribution in [-0.4, -0.2) is 15.2 Å². The molecule has 3 aromatic rings. The molecule has 4 nitrogen and oxygen atoms in total. The van der Waals surface area contributed by atoms with E-state index in [2.05, 4.69) is 15.2 Å². The summed E-state index contributed by atoms with van der Waals surface area (Å²) >= 11 is 5.95. The number of benzene rings is 1. The van der Waals surface area contributed by atoms with Crippen molar-refractivity contribution in [2.75, 3.05) is 0 Å². The van der Waals surface area contributed by atoms with Gasteiger partial charge in [0, 0.05) is 40.1 Å². The number of nitrogens with one attached hydrogen (secondary N) is 1. The van der Waals surface area contributed by atoms with Gasteiger partial charge in [-0.1, -0.05) is 29.8 Å². The van der Waals surface area contributed by atoms with Gasteiger partial charge < -0.3 is 5.73 Å². The summed E-state index contributed by atoms with van der Waals surface area (Å²) < 4.78 is 0. The maximum absolute atomic E-state index is 5.95. The molecule has 2 aromatic heterocycles. The molecule has 0 aliphatic carbocycles. The minimum atomic E-state index is 0.390. The summed E-state index contributed by atoms with van der Waals surface area (Å²) in [5, 5.41) is 8.18. The van der Waals surface area contributed by atoms with Crippen LogP contribution >= 0.6 is 11.6 Å². The largest absolute Gasteiger partial charge is 0.325 e. The van der Waals surface area contributed by atoms with Gasteiger partial charge in [0.1, 0.15) is 5.69 Å². The molecule has 0 bridgehead atoms. The molecule has 21 heavy (non-hydrogen) atoms. The standard InChI is InChI=1S/C16H15ClN4/c1-10-15(13-3-2-8-19-14(13)9-18)16(21-20-10)11-4-6-12(17)7-5-11/h2-8H,9,18H2,1H3,(H,20,21). The average molecular weight is 299 g/mol. The first-order valence-electron chi connectivity index (χ1n) is 6.66. The zero-order valence-corrected chi connectivity index (χ0v) is 12.4. The van der Waals surface area contributed by atoms with Gasteiger partial charge in [0.15, 0.2) is 0 Å². The highest BCUT2D eigenvalue weighted by Crippen LogP contribution is 2.34. The monoisotopic (exact) mass is 298 g/mol. The minimum absolute atomic E-state index is 0.390. The summed E-state index contributed by atoms with van der Waals surface area (Å²) in [5.74, 6) is 0. The zero-order chi connectivity index (χ0) is 14.8. The van der Waals surface area contributed by atoms with E-state index in [0.29, 0.717) is 11.6 Å². The molecule has 0 aliphatic rings. The second kappa shape index (κ2) is 5.68. The second-order valence-corrected chi connectivity index (χ2v) is 5.22. The Bertz CT molecular complexity index is 762. The van der Waals surface area contributed by atoms with Crippen molar-refractivity contribution in [3.05, 3.63) is 59.0 Å². The van der Waals surface area contributed by atoms with Gasteiger partial charge in [0.2, 0.25) is 0 Å². The Balaban J connectivity index is 2.20. The molecule has 0 amide bonds. The lowest BCUT2D eigenvalue weighted by Crippen LogP contribution is -2.02. The molecule has 0 atom stereocenters. The molecule has 3 rings (SSSR count). The summed E-state index contributed by atoms with van der Waals surface area (Å²) in [4.78, 5) is 4.36. The number of hydrogen-bond acceptors (Lipinski definition) is 3. The predicted molar refractivity (Wildman–Crippen MR) is 84.9 cm³/mol. The van der Waals surface area contributed by atoms with Crippen LogP contribution in [0.4, 0.5) is 0 Å². The first-order chi connectivity index (χ1) is 10.2. The summed E-state index contributed by atoms with van der Waals surface area (Å²) in [6.45, 7) is 2.38. The van der Waals surface area contributed by atoms with Crippen molar-refractivity contribution in [3.8, 4) is 22.4 Å². The fourth-order valence-electron chi connectivity index (χ4n) is 2.40. The highest BCUT2D eigenvalue weighted by molar-refractivity contribution is 6.30. The number of rotatable bonds is 3. The normalized spacial score (nSPS) is 10.8. The van der Waals surface area contributed by atoms with E-state index in [1.54, 1.807) is 6.20 Å². The Hall–Kier alpha value is -2.17. The first kappa shape index (κ1) is 13.8. The number of aromatic amines is 1. The van der Waals surface area contributed by atoms with Gasteiger partial charge in [-0.25, -0.2) is 0 Å². The van der Waals surface area contributed by atoms with Crippen LogP contribution in [0, 0.1) is 6.92 Å². The van der Waals surface area contributed by atoms with Crippen LogP contribution in [0.2, 0.25) is 5.02 Å². The van der Waals surface area contributed by atoms with Crippen molar-refractivity contribution >= 4 is 11.6 Å².